The van der Waals surface area contributed by atoms with Crippen molar-refractivity contribution in [1.29, 1.82) is 0 Å². The predicted octanol–water partition coefficient (Wildman–Crippen LogP) is 5.25. The van der Waals surface area contributed by atoms with Crippen LogP contribution in [-0.2, 0) is 21.0 Å². The van der Waals surface area contributed by atoms with Gasteiger partial charge in [0.05, 0.1) is 22.8 Å². The smallest absolute Gasteiger partial charge is 0.416 e. The van der Waals surface area contributed by atoms with Crippen LogP contribution in [0.4, 0.5) is 24.5 Å². The van der Waals surface area contributed by atoms with Gasteiger partial charge in [-0.1, -0.05) is 23.8 Å². The van der Waals surface area contributed by atoms with Crippen molar-refractivity contribution in [1.82, 2.24) is 0 Å². The molecule has 0 aliphatic rings. The van der Waals surface area contributed by atoms with Crippen molar-refractivity contribution < 1.29 is 31.1 Å². The number of nitrogens with one attached hydrogen (secondary N) is 1. The zero-order valence-electron chi connectivity index (χ0n) is 18.5. The number of aryl methyl sites for hydroxylation is 1. The summed E-state index contributed by atoms with van der Waals surface area (Å²) in [6.45, 7) is 3.33. The Morgan fingerprint density at radius 3 is 2.24 bits per heavy atom. The van der Waals surface area contributed by atoms with Gasteiger partial charge in [0, 0.05) is 5.69 Å². The Hall–Kier alpha value is -3.53. The molecule has 0 aromatic heterocycles. The van der Waals surface area contributed by atoms with Gasteiger partial charge in [0.2, 0.25) is 5.91 Å². The minimum Gasteiger partial charge on any atom is -0.494 e. The number of sulfonamides is 1. The van der Waals surface area contributed by atoms with E-state index < -0.39 is 34.2 Å². The first-order chi connectivity index (χ1) is 16.0. The van der Waals surface area contributed by atoms with E-state index in [0.717, 1.165) is 17.7 Å². The van der Waals surface area contributed by atoms with Gasteiger partial charge < -0.3 is 10.1 Å². The predicted molar refractivity (Wildman–Crippen MR) is 123 cm³/mol. The highest BCUT2D eigenvalue weighted by atomic mass is 32.2. The number of hydrogen-bond acceptors (Lipinski definition) is 4. The van der Waals surface area contributed by atoms with E-state index in [1.165, 1.54) is 18.2 Å². The molecule has 1 amide bonds. The molecule has 3 aromatic rings. The molecule has 0 heterocycles. The van der Waals surface area contributed by atoms with Gasteiger partial charge in [0.1, 0.15) is 12.3 Å². The number of amides is 1. The molecule has 180 valence electrons. The van der Waals surface area contributed by atoms with Crippen LogP contribution in [-0.4, -0.2) is 27.5 Å². The first-order valence-corrected chi connectivity index (χ1v) is 11.7. The lowest BCUT2D eigenvalue weighted by Crippen LogP contribution is -2.38. The van der Waals surface area contributed by atoms with Crippen molar-refractivity contribution in [3.63, 3.8) is 0 Å². The van der Waals surface area contributed by atoms with Gasteiger partial charge in [0.25, 0.3) is 10.0 Å². The summed E-state index contributed by atoms with van der Waals surface area (Å²) in [5.41, 5.74) is -0.124. The van der Waals surface area contributed by atoms with Crippen molar-refractivity contribution in [3.8, 4) is 5.75 Å². The Bertz CT molecular complexity index is 1240. The van der Waals surface area contributed by atoms with Crippen LogP contribution in [0, 0.1) is 6.92 Å². The topological polar surface area (TPSA) is 75.7 Å². The third-order valence-electron chi connectivity index (χ3n) is 4.81. The van der Waals surface area contributed by atoms with Crippen LogP contribution in [0.15, 0.2) is 77.7 Å². The van der Waals surface area contributed by atoms with Crippen LogP contribution in [0.3, 0.4) is 0 Å². The molecule has 0 fully saturated rings. The Morgan fingerprint density at radius 1 is 1.00 bits per heavy atom. The van der Waals surface area contributed by atoms with E-state index in [2.05, 4.69) is 5.32 Å². The number of carbonyl (C=O) groups excluding carboxylic acids is 1. The number of rotatable bonds is 8. The monoisotopic (exact) mass is 492 g/mol. The fourth-order valence-corrected chi connectivity index (χ4v) is 4.53. The minimum atomic E-state index is -4.68. The molecule has 0 unspecified atom stereocenters. The van der Waals surface area contributed by atoms with Crippen LogP contribution >= 0.6 is 0 Å². The fourth-order valence-electron chi connectivity index (χ4n) is 3.12. The van der Waals surface area contributed by atoms with Gasteiger partial charge in [-0.15, -0.1) is 0 Å². The summed E-state index contributed by atoms with van der Waals surface area (Å²) in [7, 11) is -4.35. The Morgan fingerprint density at radius 2 is 1.65 bits per heavy atom. The quantitative estimate of drug-likeness (QED) is 0.466. The Labute approximate surface area is 196 Å². The van der Waals surface area contributed by atoms with E-state index in [-0.39, 0.29) is 10.6 Å². The maximum atomic E-state index is 13.4. The number of hydrogen-bond donors (Lipinski definition) is 1. The molecule has 0 aliphatic carbocycles. The van der Waals surface area contributed by atoms with Gasteiger partial charge in [-0.2, -0.15) is 13.2 Å². The first-order valence-electron chi connectivity index (χ1n) is 10.3. The van der Waals surface area contributed by atoms with E-state index >= 15 is 0 Å². The van der Waals surface area contributed by atoms with Crippen molar-refractivity contribution >= 4 is 27.3 Å². The lowest BCUT2D eigenvalue weighted by molar-refractivity contribution is -0.137. The third-order valence-corrected chi connectivity index (χ3v) is 6.59. The number of nitrogens with zero attached hydrogens (tertiary/aromatic N) is 1. The van der Waals surface area contributed by atoms with Gasteiger partial charge in [-0.05, 0) is 68.4 Å². The van der Waals surface area contributed by atoms with Gasteiger partial charge in [0.15, 0.2) is 0 Å². The van der Waals surface area contributed by atoms with Gasteiger partial charge in [-0.25, -0.2) is 8.42 Å². The molecule has 0 atom stereocenters. The standard InChI is InChI=1S/C24H23F3N2O4S/c1-3-33-21-11-9-19(10-12-21)28-23(30)16-29(20-6-4-5-18(15-20)24(25,26)27)34(31,32)22-13-7-17(2)8-14-22/h4-15H,3,16H2,1-2H3,(H,28,30). The zero-order valence-corrected chi connectivity index (χ0v) is 19.3. The normalized spacial score (nSPS) is 11.7. The number of benzene rings is 3. The van der Waals surface area contributed by atoms with E-state index in [1.54, 1.807) is 43.3 Å². The van der Waals surface area contributed by atoms with Crippen LogP contribution in [0.5, 0.6) is 5.75 Å². The highest BCUT2D eigenvalue weighted by Crippen LogP contribution is 2.33. The molecule has 3 rings (SSSR count). The number of ether oxygens (including phenoxy) is 1. The molecule has 3 aromatic carbocycles. The zero-order chi connectivity index (χ0) is 24.9. The largest absolute Gasteiger partial charge is 0.494 e. The van der Waals surface area contributed by atoms with Crippen molar-refractivity contribution in [3.05, 3.63) is 83.9 Å². The summed E-state index contributed by atoms with van der Waals surface area (Å²) >= 11 is 0. The molecule has 34 heavy (non-hydrogen) atoms. The molecule has 1 N–H and O–H groups in total. The van der Waals surface area contributed by atoms with Crippen molar-refractivity contribution in [2.75, 3.05) is 22.8 Å². The van der Waals surface area contributed by atoms with Crippen LogP contribution in [0.25, 0.3) is 0 Å². The summed E-state index contributed by atoms with van der Waals surface area (Å²) in [6, 6.07) is 16.1. The highest BCUT2D eigenvalue weighted by Gasteiger charge is 2.33. The molecule has 0 saturated heterocycles. The lowest BCUT2D eigenvalue weighted by Gasteiger charge is -2.25. The van der Waals surface area contributed by atoms with Crippen LogP contribution in [0.2, 0.25) is 0 Å². The molecule has 0 aliphatic heterocycles. The van der Waals surface area contributed by atoms with Gasteiger partial charge >= 0.3 is 6.18 Å². The van der Waals surface area contributed by atoms with Crippen molar-refractivity contribution in [2.45, 2.75) is 24.9 Å². The average Bonchev–Trinajstić information content (AvgIpc) is 2.79. The van der Waals surface area contributed by atoms with Crippen LogP contribution < -0.4 is 14.4 Å². The summed E-state index contributed by atoms with van der Waals surface area (Å²) in [5, 5.41) is 2.57. The molecule has 0 radical (unpaired) electrons. The number of carbonyl (C=O) groups is 1. The SMILES string of the molecule is CCOc1ccc(NC(=O)CN(c2cccc(C(F)(F)F)c2)S(=O)(=O)c2ccc(C)cc2)cc1. The van der Waals surface area contributed by atoms with E-state index in [1.807, 2.05) is 6.92 Å². The molecule has 0 bridgehead atoms. The average molecular weight is 493 g/mol. The summed E-state index contributed by atoms with van der Waals surface area (Å²) < 4.78 is 72.5. The van der Waals surface area contributed by atoms with Crippen LogP contribution in [0.1, 0.15) is 18.1 Å². The summed E-state index contributed by atoms with van der Waals surface area (Å²) in [6.07, 6.45) is -4.68. The minimum absolute atomic E-state index is 0.149. The third kappa shape index (κ3) is 6.07. The second-order valence-electron chi connectivity index (χ2n) is 7.38. The van der Waals surface area contributed by atoms with E-state index in [4.69, 9.17) is 4.74 Å². The molecule has 0 spiro atoms. The first kappa shape index (κ1) is 25.1. The second kappa shape index (κ2) is 10.2. The number of alkyl halides is 3. The van der Waals surface area contributed by atoms with Gasteiger partial charge in [-0.3, -0.25) is 9.10 Å². The van der Waals surface area contributed by atoms with E-state index in [0.29, 0.717) is 28.4 Å². The Balaban J connectivity index is 1.95. The summed E-state index contributed by atoms with van der Waals surface area (Å²) in [5.74, 6) is -0.134. The molecular weight excluding hydrogens is 469 g/mol. The number of anilines is 2. The highest BCUT2D eigenvalue weighted by molar-refractivity contribution is 7.92. The summed E-state index contributed by atoms with van der Waals surface area (Å²) in [4.78, 5) is 12.6. The fraction of sp³-hybridized carbons (Fsp3) is 0.208. The molecule has 6 nitrogen and oxygen atoms in total. The van der Waals surface area contributed by atoms with Crippen molar-refractivity contribution in [2.24, 2.45) is 0 Å². The van der Waals surface area contributed by atoms with E-state index in [9.17, 15) is 26.4 Å². The lowest BCUT2D eigenvalue weighted by atomic mass is 10.2. The second-order valence-corrected chi connectivity index (χ2v) is 9.24. The number of halogens is 3. The molecular formula is C24H23F3N2O4S. The Kier molecular flexibility index (Phi) is 7.51. The maximum Gasteiger partial charge on any atom is 0.416 e. The molecule has 0 saturated carbocycles. The molecule has 10 heteroatoms. The maximum absolute atomic E-state index is 13.4.